The number of carbonyl (C=O) groups is 2. The molecule has 0 fully saturated rings. The zero-order valence-corrected chi connectivity index (χ0v) is 8.91. The Bertz CT molecular complexity index is 128. The van der Waals surface area contributed by atoms with Crippen LogP contribution in [0.15, 0.2) is 12.2 Å². The topological polar surface area (TPSA) is 117 Å². The molecular weight excluding hydrogens is 165 g/mol. The van der Waals surface area contributed by atoms with E-state index in [1.54, 1.807) is 0 Å². The minimum Gasteiger partial charge on any atom is -0.545 e. The van der Waals surface area contributed by atoms with Crippen molar-refractivity contribution in [3.63, 3.8) is 0 Å². The van der Waals surface area contributed by atoms with E-state index >= 15 is 0 Å². The first kappa shape index (κ1) is 16.7. The molecule has 0 unspecified atom stereocenters. The van der Waals surface area contributed by atoms with E-state index in [-0.39, 0.29) is 57.5 Å². The number of aliphatic carboxylic acids is 2. The standard InChI is InChI=1S/C4H4O4.K.H3N/c5-3(6)1-2-4(7)8;;/h1-2H,(H,5,6)(H,7,8);;1H3/q;+1;/p-1/b2-1-;;. The summed E-state index contributed by atoms with van der Waals surface area (Å²) in [5.74, 6) is -3.09. The monoisotopic (exact) mass is 171 g/mol. The van der Waals surface area contributed by atoms with E-state index in [4.69, 9.17) is 0 Å². The van der Waals surface area contributed by atoms with Crippen molar-refractivity contribution in [2.45, 2.75) is 0 Å². The van der Waals surface area contributed by atoms with Gasteiger partial charge < -0.3 is 26.0 Å². The van der Waals surface area contributed by atoms with Crippen LogP contribution in [0.3, 0.4) is 0 Å². The molecule has 4 N–H and O–H groups in total. The quantitative estimate of drug-likeness (QED) is 0.329. The van der Waals surface area contributed by atoms with Crippen molar-refractivity contribution in [2.75, 3.05) is 0 Å². The summed E-state index contributed by atoms with van der Waals surface area (Å²) in [6, 6.07) is 0. The van der Waals surface area contributed by atoms with E-state index < -0.39 is 11.9 Å². The molecule has 0 bridgehead atoms. The Labute approximate surface area is 100 Å². The third-order valence-corrected chi connectivity index (χ3v) is 0.355. The van der Waals surface area contributed by atoms with Crippen LogP contribution in [-0.4, -0.2) is 11.9 Å². The van der Waals surface area contributed by atoms with E-state index in [0.29, 0.717) is 12.2 Å². The molecule has 0 radical (unpaired) electrons. The molecule has 52 valence electrons. The van der Waals surface area contributed by atoms with Gasteiger partial charge in [-0.05, 0) is 12.2 Å². The fourth-order valence-corrected chi connectivity index (χ4v) is 0.136. The summed E-state index contributed by atoms with van der Waals surface area (Å²) in [6.45, 7) is 0. The fraction of sp³-hybridized carbons (Fsp3) is 0. The predicted molar refractivity (Wildman–Crippen MR) is 25.1 cm³/mol. The predicted octanol–water partition coefficient (Wildman–Crippen LogP) is -5.58. The number of hydrogen-bond acceptors (Lipinski definition) is 4. The molecule has 0 amide bonds. The minimum absolute atomic E-state index is 0. The van der Waals surface area contributed by atoms with Crippen LogP contribution in [0.25, 0.3) is 0 Å². The van der Waals surface area contributed by atoms with Gasteiger partial charge in [-0.15, -0.1) is 0 Å². The Balaban J connectivity index is -0.000000245. The molecular formula is C4H6KNO4. The van der Waals surface area contributed by atoms with E-state index in [2.05, 4.69) is 0 Å². The second-order valence-corrected chi connectivity index (χ2v) is 0.971. The zero-order chi connectivity index (χ0) is 6.57. The summed E-state index contributed by atoms with van der Waals surface area (Å²) in [5.41, 5.74) is 0. The maximum Gasteiger partial charge on any atom is 1.00 e. The number of carboxylic acid groups (broad SMARTS) is 2. The van der Waals surface area contributed by atoms with Crippen LogP contribution in [0.4, 0.5) is 0 Å². The summed E-state index contributed by atoms with van der Waals surface area (Å²) >= 11 is 0. The normalized spacial score (nSPS) is 7.60. The molecule has 0 heterocycles. The molecule has 10 heavy (non-hydrogen) atoms. The largest absolute Gasteiger partial charge is 1.00 e. The molecule has 5 nitrogen and oxygen atoms in total. The Morgan fingerprint density at radius 2 is 1.20 bits per heavy atom. The van der Waals surface area contributed by atoms with Crippen LogP contribution in [0.1, 0.15) is 0 Å². The van der Waals surface area contributed by atoms with Crippen LogP contribution in [0, 0.1) is 0 Å². The SMILES string of the molecule is O=C([O-])/C=C\C(=O)[O-].[K+].[NH4+]. The van der Waals surface area contributed by atoms with Crippen molar-refractivity contribution in [3.05, 3.63) is 12.2 Å². The van der Waals surface area contributed by atoms with Crippen LogP contribution in [0.5, 0.6) is 0 Å². The van der Waals surface area contributed by atoms with Crippen molar-refractivity contribution in [1.82, 2.24) is 6.15 Å². The molecule has 0 aliphatic heterocycles. The number of quaternary nitrogens is 1. The van der Waals surface area contributed by atoms with E-state index in [1.165, 1.54) is 0 Å². The first-order valence-electron chi connectivity index (χ1n) is 1.73. The van der Waals surface area contributed by atoms with Gasteiger partial charge in [0.15, 0.2) is 0 Å². The molecule has 0 aliphatic rings. The Hall–Kier alpha value is 0.276. The Morgan fingerprint density at radius 1 is 1.00 bits per heavy atom. The van der Waals surface area contributed by atoms with Gasteiger partial charge >= 0.3 is 51.4 Å². The average Bonchev–Trinajstić information content (AvgIpc) is 1.61. The van der Waals surface area contributed by atoms with Gasteiger partial charge in [0.1, 0.15) is 0 Å². The van der Waals surface area contributed by atoms with Gasteiger partial charge in [-0.2, -0.15) is 0 Å². The van der Waals surface area contributed by atoms with E-state index in [0.717, 1.165) is 0 Å². The first-order chi connectivity index (χ1) is 3.63. The van der Waals surface area contributed by atoms with Crippen LogP contribution < -0.4 is 67.7 Å². The van der Waals surface area contributed by atoms with Gasteiger partial charge in [0, 0.05) is 0 Å². The molecule has 0 aromatic carbocycles. The Morgan fingerprint density at radius 3 is 1.30 bits per heavy atom. The molecule has 0 saturated carbocycles. The summed E-state index contributed by atoms with van der Waals surface area (Å²) in [5, 5.41) is 18.8. The van der Waals surface area contributed by atoms with Crippen molar-refractivity contribution >= 4 is 11.9 Å². The van der Waals surface area contributed by atoms with Gasteiger partial charge in [-0.3, -0.25) is 0 Å². The third-order valence-electron chi connectivity index (χ3n) is 0.355. The summed E-state index contributed by atoms with van der Waals surface area (Å²) < 4.78 is 0. The molecule has 0 saturated heterocycles. The van der Waals surface area contributed by atoms with Crippen molar-refractivity contribution in [3.8, 4) is 0 Å². The van der Waals surface area contributed by atoms with Crippen molar-refractivity contribution < 1.29 is 71.2 Å². The minimum atomic E-state index is -1.55. The number of carbonyl (C=O) groups excluding carboxylic acids is 2. The molecule has 0 aromatic heterocycles. The maximum absolute atomic E-state index is 9.41. The van der Waals surface area contributed by atoms with Gasteiger partial charge in [0.05, 0.1) is 11.9 Å². The fourth-order valence-electron chi connectivity index (χ4n) is 0.136. The smallest absolute Gasteiger partial charge is 0.545 e. The molecule has 0 rings (SSSR count). The Kier molecular flexibility index (Phi) is 15.5. The van der Waals surface area contributed by atoms with Gasteiger partial charge in [0.25, 0.3) is 0 Å². The average molecular weight is 171 g/mol. The summed E-state index contributed by atoms with van der Waals surface area (Å²) in [6.07, 6.45) is 0.769. The van der Waals surface area contributed by atoms with E-state index in [1.807, 2.05) is 0 Å². The maximum atomic E-state index is 9.41. The second-order valence-electron chi connectivity index (χ2n) is 0.971. The second kappa shape index (κ2) is 9.28. The van der Waals surface area contributed by atoms with E-state index in [9.17, 15) is 19.8 Å². The van der Waals surface area contributed by atoms with Crippen LogP contribution in [-0.2, 0) is 9.59 Å². The summed E-state index contributed by atoms with van der Waals surface area (Å²) in [7, 11) is 0. The van der Waals surface area contributed by atoms with Gasteiger partial charge in [0.2, 0.25) is 0 Å². The number of carboxylic acids is 2. The number of rotatable bonds is 2. The zero-order valence-electron chi connectivity index (χ0n) is 5.79. The van der Waals surface area contributed by atoms with Gasteiger partial charge in [-0.1, -0.05) is 0 Å². The molecule has 0 spiro atoms. The van der Waals surface area contributed by atoms with Crippen molar-refractivity contribution in [2.24, 2.45) is 0 Å². The molecule has 6 heteroatoms. The van der Waals surface area contributed by atoms with Crippen molar-refractivity contribution in [1.29, 1.82) is 0 Å². The summed E-state index contributed by atoms with van der Waals surface area (Å²) in [4.78, 5) is 18.8. The van der Waals surface area contributed by atoms with Crippen LogP contribution >= 0.6 is 0 Å². The third kappa shape index (κ3) is 15.7. The molecule has 0 aromatic rings. The number of hydrogen-bond donors (Lipinski definition) is 1. The molecule has 0 atom stereocenters. The van der Waals surface area contributed by atoms with Crippen LogP contribution in [0.2, 0.25) is 0 Å². The first-order valence-corrected chi connectivity index (χ1v) is 1.73. The van der Waals surface area contributed by atoms with Gasteiger partial charge in [-0.25, -0.2) is 0 Å². The molecule has 0 aliphatic carbocycles.